The minimum Gasteiger partial charge on any atom is -0.338 e. The molecule has 1 atom stereocenters. The third-order valence-corrected chi connectivity index (χ3v) is 3.45. The van der Waals surface area contributed by atoms with Crippen LogP contribution in [0.15, 0.2) is 5.38 Å². The van der Waals surface area contributed by atoms with Gasteiger partial charge in [-0.15, -0.1) is 11.3 Å². The lowest BCUT2D eigenvalue weighted by Crippen LogP contribution is -2.41. The average molecular weight is 255 g/mol. The van der Waals surface area contributed by atoms with Crippen LogP contribution < -0.4 is 5.73 Å². The Kier molecular flexibility index (Phi) is 5.58. The molecule has 5 heteroatoms. The first-order chi connectivity index (χ1) is 8.04. The summed E-state index contributed by atoms with van der Waals surface area (Å²) in [6, 6.07) is -0.375. The van der Waals surface area contributed by atoms with E-state index < -0.39 is 0 Å². The molecule has 0 aromatic carbocycles. The number of rotatable bonds is 6. The van der Waals surface area contributed by atoms with Crippen LogP contribution in [0.3, 0.4) is 0 Å². The Morgan fingerprint density at radius 1 is 1.65 bits per heavy atom. The zero-order valence-electron chi connectivity index (χ0n) is 10.8. The molecule has 96 valence electrons. The van der Waals surface area contributed by atoms with E-state index in [1.54, 1.807) is 23.3 Å². The van der Waals surface area contributed by atoms with Gasteiger partial charge in [-0.3, -0.25) is 4.79 Å². The fraction of sp³-hybridized carbons (Fsp3) is 0.667. The molecule has 0 unspecified atom stereocenters. The van der Waals surface area contributed by atoms with Gasteiger partial charge in [-0.05, 0) is 13.3 Å². The predicted molar refractivity (Wildman–Crippen MR) is 70.8 cm³/mol. The van der Waals surface area contributed by atoms with E-state index in [-0.39, 0.29) is 11.9 Å². The van der Waals surface area contributed by atoms with Crippen molar-refractivity contribution in [3.8, 4) is 0 Å². The summed E-state index contributed by atoms with van der Waals surface area (Å²) < 4.78 is 0. The fourth-order valence-electron chi connectivity index (χ4n) is 1.63. The Bertz CT molecular complexity index is 364. The Labute approximate surface area is 107 Å². The molecule has 1 heterocycles. The smallest absolute Gasteiger partial charge is 0.239 e. The van der Waals surface area contributed by atoms with Crippen molar-refractivity contribution in [1.82, 2.24) is 9.88 Å². The van der Waals surface area contributed by atoms with E-state index in [9.17, 15) is 4.79 Å². The van der Waals surface area contributed by atoms with Crippen molar-refractivity contribution in [1.29, 1.82) is 0 Å². The Morgan fingerprint density at radius 2 is 2.35 bits per heavy atom. The van der Waals surface area contributed by atoms with Gasteiger partial charge in [0.05, 0.1) is 23.3 Å². The summed E-state index contributed by atoms with van der Waals surface area (Å²) in [5.74, 6) is 0.00380. The number of unbranched alkanes of at least 4 members (excludes halogenated alkanes) is 1. The third kappa shape index (κ3) is 4.44. The zero-order valence-corrected chi connectivity index (χ0v) is 11.6. The molecule has 17 heavy (non-hydrogen) atoms. The van der Waals surface area contributed by atoms with Crippen molar-refractivity contribution in [2.75, 3.05) is 7.05 Å². The quantitative estimate of drug-likeness (QED) is 0.845. The monoisotopic (exact) mass is 255 g/mol. The number of nitrogens with zero attached hydrogens (tertiary/aromatic N) is 2. The van der Waals surface area contributed by atoms with Crippen LogP contribution in [0, 0.1) is 6.92 Å². The SMILES string of the molecule is CCCC[C@H](N)C(=O)N(C)Cc1csc(C)n1. The first kappa shape index (κ1) is 14.1. The normalized spacial score (nSPS) is 12.5. The van der Waals surface area contributed by atoms with Gasteiger partial charge in [0.1, 0.15) is 0 Å². The second-order valence-electron chi connectivity index (χ2n) is 4.30. The highest BCUT2D eigenvalue weighted by molar-refractivity contribution is 7.09. The maximum atomic E-state index is 11.9. The molecule has 0 saturated carbocycles. The molecular formula is C12H21N3OS. The topological polar surface area (TPSA) is 59.2 Å². The van der Waals surface area contributed by atoms with Gasteiger partial charge in [0.2, 0.25) is 5.91 Å². The van der Waals surface area contributed by atoms with Crippen molar-refractivity contribution in [3.63, 3.8) is 0 Å². The number of carbonyl (C=O) groups is 1. The van der Waals surface area contributed by atoms with Crippen LogP contribution in [0.1, 0.15) is 36.9 Å². The molecule has 4 nitrogen and oxygen atoms in total. The molecular weight excluding hydrogens is 234 g/mol. The summed E-state index contributed by atoms with van der Waals surface area (Å²) in [6.07, 6.45) is 2.82. The van der Waals surface area contributed by atoms with Crippen molar-refractivity contribution in [3.05, 3.63) is 16.1 Å². The summed E-state index contributed by atoms with van der Waals surface area (Å²) in [5.41, 5.74) is 6.79. The maximum Gasteiger partial charge on any atom is 0.239 e. The van der Waals surface area contributed by atoms with E-state index in [4.69, 9.17) is 5.73 Å². The second kappa shape index (κ2) is 6.71. The Balaban J connectivity index is 2.46. The number of likely N-dealkylation sites (N-methyl/N-ethyl adjacent to an activating group) is 1. The van der Waals surface area contributed by atoms with Crippen molar-refractivity contribution in [2.45, 2.75) is 45.7 Å². The van der Waals surface area contributed by atoms with Gasteiger partial charge < -0.3 is 10.6 Å². The van der Waals surface area contributed by atoms with Crippen molar-refractivity contribution < 1.29 is 4.79 Å². The molecule has 0 radical (unpaired) electrons. The van der Waals surface area contributed by atoms with E-state index in [0.29, 0.717) is 6.54 Å². The summed E-state index contributed by atoms with van der Waals surface area (Å²) >= 11 is 1.60. The van der Waals surface area contributed by atoms with Crippen LogP contribution in [0.2, 0.25) is 0 Å². The summed E-state index contributed by atoms with van der Waals surface area (Å²) in [4.78, 5) is 17.9. The maximum absolute atomic E-state index is 11.9. The van der Waals surface area contributed by atoms with Gasteiger partial charge in [0.25, 0.3) is 0 Å². The van der Waals surface area contributed by atoms with E-state index in [2.05, 4.69) is 11.9 Å². The van der Waals surface area contributed by atoms with Crippen LogP contribution >= 0.6 is 11.3 Å². The molecule has 0 fully saturated rings. The van der Waals surface area contributed by atoms with E-state index in [1.165, 1.54) is 0 Å². The molecule has 1 amide bonds. The van der Waals surface area contributed by atoms with Crippen LogP contribution in [-0.2, 0) is 11.3 Å². The van der Waals surface area contributed by atoms with Gasteiger partial charge in [-0.2, -0.15) is 0 Å². The van der Waals surface area contributed by atoms with Gasteiger partial charge in [-0.25, -0.2) is 4.98 Å². The van der Waals surface area contributed by atoms with E-state index in [0.717, 1.165) is 30.0 Å². The number of carbonyl (C=O) groups excluding carboxylic acids is 1. The van der Waals surface area contributed by atoms with Crippen LogP contribution in [-0.4, -0.2) is 28.9 Å². The summed E-state index contributed by atoms with van der Waals surface area (Å²) in [7, 11) is 1.78. The van der Waals surface area contributed by atoms with Crippen molar-refractivity contribution >= 4 is 17.2 Å². The van der Waals surface area contributed by atoms with E-state index >= 15 is 0 Å². The largest absolute Gasteiger partial charge is 0.338 e. The molecule has 0 aliphatic carbocycles. The number of aryl methyl sites for hydroxylation is 1. The number of nitrogens with two attached hydrogens (primary N) is 1. The molecule has 0 aliphatic rings. The number of hydrogen-bond donors (Lipinski definition) is 1. The third-order valence-electron chi connectivity index (χ3n) is 2.63. The fourth-order valence-corrected chi connectivity index (χ4v) is 2.24. The Hall–Kier alpha value is -0.940. The minimum absolute atomic E-state index is 0.00380. The van der Waals surface area contributed by atoms with Gasteiger partial charge in [0, 0.05) is 12.4 Å². The molecule has 0 spiro atoms. The summed E-state index contributed by atoms with van der Waals surface area (Å²) in [6.45, 7) is 4.60. The molecule has 2 N–H and O–H groups in total. The molecule has 0 bridgehead atoms. The lowest BCUT2D eigenvalue weighted by Gasteiger charge is -2.20. The highest BCUT2D eigenvalue weighted by atomic mass is 32.1. The number of hydrogen-bond acceptors (Lipinski definition) is 4. The molecule has 1 aromatic heterocycles. The number of aromatic nitrogens is 1. The van der Waals surface area contributed by atoms with Gasteiger partial charge in [0.15, 0.2) is 0 Å². The van der Waals surface area contributed by atoms with Crippen LogP contribution in [0.4, 0.5) is 0 Å². The molecule has 0 aliphatic heterocycles. The molecule has 1 rings (SSSR count). The number of thiazole rings is 1. The average Bonchev–Trinajstić information content (AvgIpc) is 2.70. The zero-order chi connectivity index (χ0) is 12.8. The lowest BCUT2D eigenvalue weighted by atomic mass is 10.1. The lowest BCUT2D eigenvalue weighted by molar-refractivity contribution is -0.132. The van der Waals surface area contributed by atoms with Gasteiger partial charge in [-0.1, -0.05) is 19.8 Å². The Morgan fingerprint density at radius 3 is 2.88 bits per heavy atom. The van der Waals surface area contributed by atoms with Crippen LogP contribution in [0.5, 0.6) is 0 Å². The summed E-state index contributed by atoms with van der Waals surface area (Å²) in [5, 5.41) is 3.01. The second-order valence-corrected chi connectivity index (χ2v) is 5.36. The highest BCUT2D eigenvalue weighted by Crippen LogP contribution is 2.10. The van der Waals surface area contributed by atoms with E-state index in [1.807, 2.05) is 12.3 Å². The van der Waals surface area contributed by atoms with Gasteiger partial charge >= 0.3 is 0 Å². The van der Waals surface area contributed by atoms with Crippen molar-refractivity contribution in [2.24, 2.45) is 5.73 Å². The standard InChI is InChI=1S/C12H21N3OS/c1-4-5-6-11(13)12(16)15(3)7-10-8-17-9(2)14-10/h8,11H,4-7,13H2,1-3H3/t11-/m0/s1. The highest BCUT2D eigenvalue weighted by Gasteiger charge is 2.18. The molecule has 0 saturated heterocycles. The predicted octanol–water partition coefficient (Wildman–Crippen LogP) is 1.93. The first-order valence-electron chi connectivity index (χ1n) is 5.96. The molecule has 1 aromatic rings. The van der Waals surface area contributed by atoms with Crippen LogP contribution in [0.25, 0.3) is 0 Å². The minimum atomic E-state index is -0.375. The first-order valence-corrected chi connectivity index (χ1v) is 6.84. The number of amides is 1.